The van der Waals surface area contributed by atoms with Crippen LogP contribution in [0.15, 0.2) is 79.0 Å². The van der Waals surface area contributed by atoms with Crippen molar-refractivity contribution in [2.24, 2.45) is 0 Å². The summed E-state index contributed by atoms with van der Waals surface area (Å²) in [4.78, 5) is 12.8. The summed E-state index contributed by atoms with van der Waals surface area (Å²) in [6.07, 6.45) is 7.80. The first-order valence-electron chi connectivity index (χ1n) is 10.2. The number of carbonyl (C=O) groups excluding carboxylic acids is 1. The van der Waals surface area contributed by atoms with Crippen molar-refractivity contribution in [3.63, 3.8) is 0 Å². The molecule has 1 heterocycles. The van der Waals surface area contributed by atoms with Crippen molar-refractivity contribution < 1.29 is 9.37 Å². The normalized spacial score (nSPS) is 14.5. The summed E-state index contributed by atoms with van der Waals surface area (Å²) in [5.41, 5.74) is 5.06. The highest BCUT2D eigenvalue weighted by atomic mass is 35.5. The molecule has 1 atom stereocenters. The zero-order valence-corrected chi connectivity index (χ0v) is 17.6. The molecule has 3 aromatic carbocycles. The molecule has 3 nitrogen and oxygen atoms in total. The molecule has 4 rings (SSSR count). The molecule has 0 spiro atoms. The van der Waals surface area contributed by atoms with Gasteiger partial charge in [0.05, 0.1) is 18.0 Å². The molecule has 150 valence electrons. The Hall–Kier alpha value is -3.17. The van der Waals surface area contributed by atoms with Gasteiger partial charge in [-0.05, 0) is 41.8 Å². The molecule has 0 saturated carbocycles. The fourth-order valence-corrected chi connectivity index (χ4v) is 3.89. The van der Waals surface area contributed by atoms with Gasteiger partial charge in [-0.1, -0.05) is 61.0 Å². The lowest BCUT2D eigenvalue weighted by molar-refractivity contribution is -0.350. The highest BCUT2D eigenvalue weighted by Crippen LogP contribution is 2.28. The third-order valence-corrected chi connectivity index (χ3v) is 5.55. The lowest BCUT2D eigenvalue weighted by atomic mass is 10.0. The summed E-state index contributed by atoms with van der Waals surface area (Å²) < 4.78 is 2.09. The number of carbonyl (C=O) groups is 1. The smallest absolute Gasteiger partial charge is 0.251 e. The van der Waals surface area contributed by atoms with Gasteiger partial charge in [0.1, 0.15) is 0 Å². The predicted molar refractivity (Wildman–Crippen MR) is 124 cm³/mol. The quantitative estimate of drug-likeness (QED) is 0.480. The number of fused-ring (bicyclic) bond motifs is 1. The maximum atomic E-state index is 12.8. The van der Waals surface area contributed by atoms with Crippen molar-refractivity contribution in [1.82, 2.24) is 5.32 Å². The summed E-state index contributed by atoms with van der Waals surface area (Å²) in [5, 5.41) is 3.90. The van der Waals surface area contributed by atoms with Crippen LogP contribution in [-0.2, 0) is 6.42 Å². The zero-order chi connectivity index (χ0) is 20.9. The van der Waals surface area contributed by atoms with E-state index in [0.717, 1.165) is 40.2 Å². The first kappa shape index (κ1) is 20.1. The molecule has 1 aliphatic heterocycles. The van der Waals surface area contributed by atoms with Crippen molar-refractivity contribution in [2.45, 2.75) is 25.8 Å². The van der Waals surface area contributed by atoms with Gasteiger partial charge in [-0.2, -0.15) is 4.58 Å². The van der Waals surface area contributed by atoms with E-state index < -0.39 is 0 Å². The van der Waals surface area contributed by atoms with Gasteiger partial charge in [-0.15, -0.1) is 0 Å². The lowest BCUT2D eigenvalue weighted by Gasteiger charge is -2.17. The fraction of sp³-hybridized carbons (Fsp3) is 0.154. The van der Waals surface area contributed by atoms with Crippen LogP contribution in [0.2, 0.25) is 5.02 Å². The molecule has 0 radical (unpaired) electrons. The van der Waals surface area contributed by atoms with Crippen LogP contribution in [0, 0.1) is 0 Å². The first-order chi connectivity index (χ1) is 14.6. The van der Waals surface area contributed by atoms with Gasteiger partial charge in [0.25, 0.3) is 5.91 Å². The van der Waals surface area contributed by atoms with Crippen LogP contribution in [0.25, 0.3) is 6.08 Å². The van der Waals surface area contributed by atoms with E-state index in [2.05, 4.69) is 29.1 Å². The minimum Gasteiger partial charge on any atom is -0.345 e. The molecule has 4 heteroatoms. The van der Waals surface area contributed by atoms with Gasteiger partial charge < -0.3 is 5.32 Å². The van der Waals surface area contributed by atoms with E-state index in [1.165, 1.54) is 0 Å². The van der Waals surface area contributed by atoms with Gasteiger partial charge in [-0.25, -0.2) is 0 Å². The highest BCUT2D eigenvalue weighted by molar-refractivity contribution is 6.30. The Labute approximate surface area is 182 Å². The van der Waals surface area contributed by atoms with E-state index in [4.69, 9.17) is 11.6 Å². The maximum Gasteiger partial charge on any atom is 0.251 e. The lowest BCUT2D eigenvalue weighted by Crippen LogP contribution is -2.28. The van der Waals surface area contributed by atoms with Crippen LogP contribution in [-0.4, -0.2) is 16.7 Å². The maximum absolute atomic E-state index is 12.8. The molecule has 0 saturated heterocycles. The Morgan fingerprint density at radius 1 is 1.07 bits per heavy atom. The molecule has 0 fully saturated rings. The van der Waals surface area contributed by atoms with E-state index in [0.29, 0.717) is 5.56 Å². The Morgan fingerprint density at radius 2 is 1.90 bits per heavy atom. The number of amides is 1. The second kappa shape index (κ2) is 9.10. The van der Waals surface area contributed by atoms with Crippen molar-refractivity contribution in [3.05, 3.63) is 106 Å². The van der Waals surface area contributed by atoms with Crippen LogP contribution < -0.4 is 5.32 Å². The molecule has 30 heavy (non-hydrogen) atoms. The van der Waals surface area contributed by atoms with Crippen LogP contribution in [0.1, 0.15) is 46.4 Å². The topological polar surface area (TPSA) is 32.1 Å². The zero-order valence-electron chi connectivity index (χ0n) is 16.9. The molecule has 0 bridgehead atoms. The number of halogens is 1. The molecule has 1 amide bonds. The summed E-state index contributed by atoms with van der Waals surface area (Å²) in [5.74, 6) is -0.0525. The Bertz CT molecular complexity index is 1120. The second-order valence-corrected chi connectivity index (χ2v) is 7.79. The number of rotatable bonds is 6. The molecule has 0 aliphatic carbocycles. The van der Waals surface area contributed by atoms with Crippen LogP contribution in [0.3, 0.4) is 0 Å². The second-order valence-electron chi connectivity index (χ2n) is 7.36. The Morgan fingerprint density at radius 3 is 2.67 bits per heavy atom. The van der Waals surface area contributed by atoms with Gasteiger partial charge in [0.15, 0.2) is 12.4 Å². The fourth-order valence-electron chi connectivity index (χ4n) is 3.68. The summed E-state index contributed by atoms with van der Waals surface area (Å²) in [6.45, 7) is 2.08. The average molecular weight is 416 g/mol. The van der Waals surface area contributed by atoms with Crippen molar-refractivity contribution in [2.75, 3.05) is 0 Å². The van der Waals surface area contributed by atoms with Gasteiger partial charge in [0.2, 0.25) is 5.69 Å². The number of benzene rings is 3. The van der Waals surface area contributed by atoms with E-state index in [9.17, 15) is 4.79 Å². The minimum atomic E-state index is -0.0525. The number of nitrogens with one attached hydrogen (secondary N) is 1. The van der Waals surface area contributed by atoms with Crippen LogP contribution >= 0.6 is 11.6 Å². The molecular weight excluding hydrogens is 392 g/mol. The van der Waals surface area contributed by atoms with Gasteiger partial charge in [-0.3, -0.25) is 4.79 Å². The van der Waals surface area contributed by atoms with Gasteiger partial charge in [0, 0.05) is 22.7 Å². The number of hydrogen-bond donors (Lipinski definition) is 1. The highest BCUT2D eigenvalue weighted by Gasteiger charge is 2.21. The Kier molecular flexibility index (Phi) is 6.10. The van der Waals surface area contributed by atoms with Gasteiger partial charge >= 0.3 is 0 Å². The third kappa shape index (κ3) is 4.52. The standard InChI is InChI=1S/C26H23ClN2O/c1-2-24(20-8-4-3-5-9-20)28-26(30)22-11-12-25-21(18-22)14-16-29(25)15-13-19-7-6-10-23(27)17-19/h3-12,14-18,24H,2,13H2,1H3/p+1. The largest absolute Gasteiger partial charge is 0.345 e. The van der Waals surface area contributed by atoms with E-state index in [1.54, 1.807) is 0 Å². The van der Waals surface area contributed by atoms with E-state index >= 15 is 0 Å². The molecule has 1 aliphatic rings. The molecular formula is C26H24ClN2O+. The molecule has 0 aromatic heterocycles. The minimum absolute atomic E-state index is 0.00465. The molecule has 3 aromatic rings. The average Bonchev–Trinajstić information content (AvgIpc) is 3.19. The van der Waals surface area contributed by atoms with E-state index in [-0.39, 0.29) is 11.9 Å². The SMILES string of the molecule is CCC(NC(=O)c1ccc2c(c1)C=C[N+]2=CCc1cccc(Cl)c1)c1ccccc1. The first-order valence-corrected chi connectivity index (χ1v) is 10.6. The van der Waals surface area contributed by atoms with Crippen molar-refractivity contribution in [1.29, 1.82) is 0 Å². The van der Waals surface area contributed by atoms with Crippen LogP contribution in [0.4, 0.5) is 5.69 Å². The van der Waals surface area contributed by atoms with Crippen molar-refractivity contribution in [3.8, 4) is 0 Å². The Balaban J connectivity index is 1.48. The number of nitrogens with zero attached hydrogens (tertiary/aromatic N) is 1. The molecule has 1 unspecified atom stereocenters. The summed E-state index contributed by atoms with van der Waals surface area (Å²) >= 11 is 6.07. The predicted octanol–water partition coefficient (Wildman–Crippen LogP) is 6.16. The number of hydrogen-bond acceptors (Lipinski definition) is 1. The monoisotopic (exact) mass is 415 g/mol. The summed E-state index contributed by atoms with van der Waals surface area (Å²) in [7, 11) is 0. The molecule has 1 N–H and O–H groups in total. The van der Waals surface area contributed by atoms with E-state index in [1.807, 2.05) is 79.0 Å². The third-order valence-electron chi connectivity index (χ3n) is 5.31. The van der Waals surface area contributed by atoms with Crippen LogP contribution in [0.5, 0.6) is 0 Å². The summed E-state index contributed by atoms with van der Waals surface area (Å²) in [6, 6.07) is 23.8. The van der Waals surface area contributed by atoms with Crippen molar-refractivity contribution >= 4 is 35.5 Å².